The molecule has 3 aromatic heterocycles. The number of nitrogens with zero attached hydrogens (tertiary/aromatic N) is 2. The molecule has 6 nitrogen and oxygen atoms in total. The zero-order chi connectivity index (χ0) is 15.4. The monoisotopic (exact) mass is 296 g/mol. The predicted octanol–water partition coefficient (Wildman–Crippen LogP) is 3.11. The summed E-state index contributed by atoms with van der Waals surface area (Å²) in [4.78, 5) is 16.7. The summed E-state index contributed by atoms with van der Waals surface area (Å²) in [5, 5.41) is 6.65. The minimum atomic E-state index is -0.417. The average Bonchev–Trinajstić information content (AvgIpc) is 2.87. The van der Waals surface area contributed by atoms with Crippen LogP contribution in [-0.2, 0) is 0 Å². The summed E-state index contributed by atoms with van der Waals surface area (Å²) in [6.45, 7) is 3.57. The topological polar surface area (TPSA) is 78.4 Å². The van der Waals surface area contributed by atoms with E-state index in [2.05, 4.69) is 10.1 Å². The highest BCUT2D eigenvalue weighted by molar-refractivity contribution is 6.18. The van der Waals surface area contributed by atoms with Crippen molar-refractivity contribution in [2.75, 3.05) is 7.11 Å². The first kappa shape index (κ1) is 12.8. The number of benzene rings is 1. The van der Waals surface area contributed by atoms with Crippen molar-refractivity contribution in [1.82, 2.24) is 10.1 Å². The van der Waals surface area contributed by atoms with Gasteiger partial charge < -0.3 is 13.7 Å². The number of rotatable bonds is 1. The second kappa shape index (κ2) is 4.30. The Kier molecular flexibility index (Phi) is 2.51. The van der Waals surface area contributed by atoms with Crippen LogP contribution in [0.4, 0.5) is 0 Å². The molecule has 0 aliphatic heterocycles. The molecule has 0 atom stereocenters. The zero-order valence-electron chi connectivity index (χ0n) is 12.3. The molecule has 0 amide bonds. The maximum atomic E-state index is 12.4. The van der Waals surface area contributed by atoms with Crippen LogP contribution in [-0.4, -0.2) is 17.3 Å². The van der Waals surface area contributed by atoms with Crippen LogP contribution in [0, 0.1) is 13.8 Å². The summed E-state index contributed by atoms with van der Waals surface area (Å²) in [5.74, 6) is 0.680. The largest absolute Gasteiger partial charge is 0.497 e. The van der Waals surface area contributed by atoms with E-state index in [4.69, 9.17) is 13.7 Å². The molecule has 0 unspecified atom stereocenters. The standard InChI is InChI=1S/C16H12N2O4/c1-7-13-14(12-8(2)18-22-15(12)17-7)10-6-9(20-3)4-5-11(10)21-16(13)19/h4-6H,1-3H3. The lowest BCUT2D eigenvalue weighted by Gasteiger charge is -2.07. The van der Waals surface area contributed by atoms with Crippen LogP contribution in [0.5, 0.6) is 5.75 Å². The van der Waals surface area contributed by atoms with Crippen LogP contribution in [0.2, 0.25) is 0 Å². The van der Waals surface area contributed by atoms with Crippen molar-refractivity contribution in [2.24, 2.45) is 0 Å². The molecular weight excluding hydrogens is 284 g/mol. The molecule has 4 aromatic rings. The second-order valence-corrected chi connectivity index (χ2v) is 5.15. The Morgan fingerprint density at radius 3 is 2.68 bits per heavy atom. The summed E-state index contributed by atoms with van der Waals surface area (Å²) in [6, 6.07) is 5.31. The lowest BCUT2D eigenvalue weighted by Crippen LogP contribution is -2.04. The van der Waals surface area contributed by atoms with Crippen LogP contribution >= 0.6 is 0 Å². The fraction of sp³-hybridized carbons (Fsp3) is 0.188. The summed E-state index contributed by atoms with van der Waals surface area (Å²) in [5.41, 5.74) is 1.72. The van der Waals surface area contributed by atoms with Crippen LogP contribution in [0.25, 0.3) is 32.8 Å². The van der Waals surface area contributed by atoms with Crippen LogP contribution in [0.1, 0.15) is 11.4 Å². The number of aryl methyl sites for hydroxylation is 2. The second-order valence-electron chi connectivity index (χ2n) is 5.15. The van der Waals surface area contributed by atoms with Gasteiger partial charge >= 0.3 is 5.63 Å². The third-order valence-electron chi connectivity index (χ3n) is 3.84. The van der Waals surface area contributed by atoms with Gasteiger partial charge in [-0.3, -0.25) is 0 Å². The Bertz CT molecular complexity index is 1110. The maximum Gasteiger partial charge on any atom is 0.346 e. The first-order chi connectivity index (χ1) is 10.6. The molecule has 0 saturated heterocycles. The summed E-state index contributed by atoms with van der Waals surface area (Å²) in [7, 11) is 1.59. The smallest absolute Gasteiger partial charge is 0.346 e. The normalized spacial score (nSPS) is 11.6. The zero-order valence-corrected chi connectivity index (χ0v) is 12.3. The molecule has 0 radical (unpaired) electrons. The minimum Gasteiger partial charge on any atom is -0.497 e. The fourth-order valence-electron chi connectivity index (χ4n) is 2.83. The molecule has 0 spiro atoms. The van der Waals surface area contributed by atoms with Gasteiger partial charge in [0.2, 0.25) is 0 Å². The van der Waals surface area contributed by atoms with Gasteiger partial charge in [-0.05, 0) is 32.0 Å². The Labute approximate surface area is 124 Å². The Morgan fingerprint density at radius 2 is 1.91 bits per heavy atom. The van der Waals surface area contributed by atoms with Crippen molar-refractivity contribution in [3.63, 3.8) is 0 Å². The number of aromatic nitrogens is 2. The quantitative estimate of drug-likeness (QED) is 0.396. The van der Waals surface area contributed by atoms with Crippen LogP contribution < -0.4 is 10.4 Å². The molecule has 0 saturated carbocycles. The Hall–Kier alpha value is -2.89. The van der Waals surface area contributed by atoms with Gasteiger partial charge in [0.15, 0.2) is 0 Å². The van der Waals surface area contributed by atoms with E-state index in [9.17, 15) is 4.79 Å². The third kappa shape index (κ3) is 1.57. The van der Waals surface area contributed by atoms with E-state index in [-0.39, 0.29) is 0 Å². The molecule has 4 rings (SSSR count). The molecule has 1 aromatic carbocycles. The van der Waals surface area contributed by atoms with Gasteiger partial charge in [0.05, 0.1) is 29.3 Å². The van der Waals surface area contributed by atoms with E-state index < -0.39 is 5.63 Å². The van der Waals surface area contributed by atoms with Crippen molar-refractivity contribution >= 4 is 32.8 Å². The van der Waals surface area contributed by atoms with Crippen LogP contribution in [0.15, 0.2) is 31.9 Å². The SMILES string of the molecule is COc1ccc2oc(=O)c3c(C)nc4onc(C)c4c3c2c1. The van der Waals surface area contributed by atoms with Crippen molar-refractivity contribution < 1.29 is 13.7 Å². The number of hydrogen-bond donors (Lipinski definition) is 0. The van der Waals surface area contributed by atoms with Crippen molar-refractivity contribution in [3.8, 4) is 5.75 Å². The molecule has 0 aliphatic rings. The average molecular weight is 296 g/mol. The fourth-order valence-corrected chi connectivity index (χ4v) is 2.83. The van der Waals surface area contributed by atoms with Crippen molar-refractivity contribution in [2.45, 2.75) is 13.8 Å². The van der Waals surface area contributed by atoms with Crippen molar-refractivity contribution in [1.29, 1.82) is 0 Å². The van der Waals surface area contributed by atoms with E-state index in [0.717, 1.165) is 16.2 Å². The van der Waals surface area contributed by atoms with Gasteiger partial charge in [-0.15, -0.1) is 0 Å². The van der Waals surface area contributed by atoms with Gasteiger partial charge in [-0.1, -0.05) is 5.16 Å². The van der Waals surface area contributed by atoms with E-state index in [1.54, 1.807) is 26.2 Å². The van der Waals surface area contributed by atoms with E-state index in [0.29, 0.717) is 33.8 Å². The molecule has 22 heavy (non-hydrogen) atoms. The highest BCUT2D eigenvalue weighted by Gasteiger charge is 2.19. The highest BCUT2D eigenvalue weighted by atomic mass is 16.5. The number of ether oxygens (including phenoxy) is 1. The predicted molar refractivity (Wildman–Crippen MR) is 81.4 cm³/mol. The van der Waals surface area contributed by atoms with Gasteiger partial charge in [-0.2, -0.15) is 0 Å². The van der Waals surface area contributed by atoms with Gasteiger partial charge in [-0.25, -0.2) is 9.78 Å². The van der Waals surface area contributed by atoms with E-state index >= 15 is 0 Å². The minimum absolute atomic E-state index is 0.414. The first-order valence-electron chi connectivity index (χ1n) is 6.77. The molecule has 0 bridgehead atoms. The van der Waals surface area contributed by atoms with Gasteiger partial charge in [0.1, 0.15) is 11.3 Å². The van der Waals surface area contributed by atoms with Gasteiger partial charge in [0, 0.05) is 10.8 Å². The van der Waals surface area contributed by atoms with Crippen LogP contribution in [0.3, 0.4) is 0 Å². The van der Waals surface area contributed by atoms with E-state index in [1.165, 1.54) is 0 Å². The molecule has 0 N–H and O–H groups in total. The Balaban J connectivity index is 2.41. The Morgan fingerprint density at radius 1 is 1.09 bits per heavy atom. The molecule has 6 heteroatoms. The number of fused-ring (bicyclic) bond motifs is 5. The number of pyridine rings is 1. The summed E-state index contributed by atoms with van der Waals surface area (Å²) < 4.78 is 16.0. The molecular formula is C16H12N2O4. The lowest BCUT2D eigenvalue weighted by atomic mass is 10.0. The molecule has 0 fully saturated rings. The van der Waals surface area contributed by atoms with E-state index in [1.807, 2.05) is 13.0 Å². The maximum absolute atomic E-state index is 12.4. The number of hydrogen-bond acceptors (Lipinski definition) is 6. The van der Waals surface area contributed by atoms with Crippen molar-refractivity contribution in [3.05, 3.63) is 40.0 Å². The molecule has 0 aliphatic carbocycles. The molecule has 110 valence electrons. The summed E-state index contributed by atoms with van der Waals surface area (Å²) >= 11 is 0. The molecule has 3 heterocycles. The highest BCUT2D eigenvalue weighted by Crippen LogP contribution is 2.34. The summed E-state index contributed by atoms with van der Waals surface area (Å²) in [6.07, 6.45) is 0. The third-order valence-corrected chi connectivity index (χ3v) is 3.84. The number of methoxy groups -OCH3 is 1. The van der Waals surface area contributed by atoms with Gasteiger partial charge in [0.25, 0.3) is 5.71 Å². The first-order valence-corrected chi connectivity index (χ1v) is 6.77. The lowest BCUT2D eigenvalue weighted by molar-refractivity contribution is 0.415.